The van der Waals surface area contributed by atoms with Crippen LogP contribution in [0.2, 0.25) is 0 Å². The van der Waals surface area contributed by atoms with Crippen LogP contribution in [0.25, 0.3) is 0 Å². The minimum atomic E-state index is -0.433. The molecule has 0 N–H and O–H groups in total. The lowest BCUT2D eigenvalue weighted by atomic mass is 9.70. The quantitative estimate of drug-likeness (QED) is 0.771. The summed E-state index contributed by atoms with van der Waals surface area (Å²) in [5.41, 5.74) is 0.236. The van der Waals surface area contributed by atoms with Crippen molar-refractivity contribution in [1.29, 1.82) is 0 Å². The Labute approximate surface area is 144 Å². The van der Waals surface area contributed by atoms with Gasteiger partial charge in [-0.05, 0) is 65.0 Å². The van der Waals surface area contributed by atoms with Gasteiger partial charge in [-0.1, -0.05) is 18.2 Å². The zero-order chi connectivity index (χ0) is 17.4. The van der Waals surface area contributed by atoms with Gasteiger partial charge in [0, 0.05) is 24.1 Å². The fraction of sp³-hybridized carbons (Fsp3) is 0.650. The summed E-state index contributed by atoms with van der Waals surface area (Å²) >= 11 is 0. The summed E-state index contributed by atoms with van der Waals surface area (Å²) in [6, 6.07) is 7.16. The minimum absolute atomic E-state index is 0.104. The van der Waals surface area contributed by atoms with Crippen molar-refractivity contribution in [2.24, 2.45) is 5.92 Å². The molecule has 4 heteroatoms. The first-order valence-electron chi connectivity index (χ1n) is 9.02. The number of ether oxygens (including phenoxy) is 1. The van der Waals surface area contributed by atoms with Crippen LogP contribution in [0.1, 0.15) is 58.4 Å². The number of esters is 1. The van der Waals surface area contributed by atoms with Gasteiger partial charge in [-0.25, -0.2) is 4.39 Å². The maximum atomic E-state index is 14.4. The zero-order valence-electron chi connectivity index (χ0n) is 15.0. The van der Waals surface area contributed by atoms with E-state index in [1.54, 1.807) is 12.1 Å². The average Bonchev–Trinajstić information content (AvgIpc) is 2.86. The molecule has 0 unspecified atom stereocenters. The molecule has 2 aliphatic rings. The molecule has 1 aliphatic carbocycles. The molecule has 3 nitrogen and oxygen atoms in total. The molecule has 1 heterocycles. The second-order valence-electron chi connectivity index (χ2n) is 8.26. The third kappa shape index (κ3) is 3.49. The first-order chi connectivity index (χ1) is 11.3. The summed E-state index contributed by atoms with van der Waals surface area (Å²) in [5.74, 6) is 0.0831. The normalized spacial score (nSPS) is 23.8. The highest BCUT2D eigenvalue weighted by Gasteiger charge is 2.47. The predicted octanol–water partition coefficient (Wildman–Crippen LogP) is 4.26. The molecule has 0 radical (unpaired) electrons. The number of likely N-dealkylation sites (tertiary alicyclic amines) is 1. The Balaban J connectivity index is 1.66. The Morgan fingerprint density at radius 1 is 1.33 bits per heavy atom. The van der Waals surface area contributed by atoms with Crippen molar-refractivity contribution in [2.75, 3.05) is 13.1 Å². The summed E-state index contributed by atoms with van der Waals surface area (Å²) in [6.45, 7) is 7.48. The van der Waals surface area contributed by atoms with Crippen molar-refractivity contribution >= 4 is 5.97 Å². The fourth-order valence-electron chi connectivity index (χ4n) is 4.11. The van der Waals surface area contributed by atoms with Crippen LogP contribution in [0, 0.1) is 11.7 Å². The summed E-state index contributed by atoms with van der Waals surface area (Å²) in [7, 11) is 0. The molecule has 0 aromatic heterocycles. The monoisotopic (exact) mass is 333 g/mol. The van der Waals surface area contributed by atoms with E-state index in [2.05, 4.69) is 4.90 Å². The third-order valence-electron chi connectivity index (χ3n) is 5.32. The number of halogens is 1. The van der Waals surface area contributed by atoms with Gasteiger partial charge in [0.1, 0.15) is 11.4 Å². The van der Waals surface area contributed by atoms with Crippen molar-refractivity contribution < 1.29 is 13.9 Å². The highest BCUT2D eigenvalue weighted by atomic mass is 19.1. The van der Waals surface area contributed by atoms with Crippen LogP contribution < -0.4 is 0 Å². The molecule has 132 valence electrons. The lowest BCUT2D eigenvalue weighted by Crippen LogP contribution is -2.50. The molecule has 24 heavy (non-hydrogen) atoms. The van der Waals surface area contributed by atoms with E-state index in [1.807, 2.05) is 32.9 Å². The van der Waals surface area contributed by atoms with Crippen molar-refractivity contribution in [2.45, 2.75) is 64.0 Å². The maximum absolute atomic E-state index is 14.4. The summed E-state index contributed by atoms with van der Waals surface area (Å²) in [4.78, 5) is 14.5. The number of carbonyl (C=O) groups excluding carboxylic acids is 1. The van der Waals surface area contributed by atoms with E-state index in [0.717, 1.165) is 44.3 Å². The molecule has 1 aromatic carbocycles. The van der Waals surface area contributed by atoms with Crippen LogP contribution in [0.4, 0.5) is 4.39 Å². The van der Waals surface area contributed by atoms with Gasteiger partial charge in [0.05, 0.1) is 0 Å². The lowest BCUT2D eigenvalue weighted by Gasteiger charge is -2.49. The van der Waals surface area contributed by atoms with E-state index in [-0.39, 0.29) is 17.3 Å². The van der Waals surface area contributed by atoms with Crippen LogP contribution in [0.3, 0.4) is 0 Å². The molecule has 0 bridgehead atoms. The Hall–Kier alpha value is -1.42. The first kappa shape index (κ1) is 17.4. The third-order valence-corrected chi connectivity index (χ3v) is 5.32. The van der Waals surface area contributed by atoms with Gasteiger partial charge in [-0.2, -0.15) is 0 Å². The zero-order valence-corrected chi connectivity index (χ0v) is 15.0. The van der Waals surface area contributed by atoms with Crippen molar-refractivity contribution in [3.8, 4) is 0 Å². The van der Waals surface area contributed by atoms with Crippen LogP contribution >= 0.6 is 0 Å². The largest absolute Gasteiger partial charge is 0.460 e. The smallest absolute Gasteiger partial charge is 0.306 e. The lowest BCUT2D eigenvalue weighted by molar-refractivity contribution is -0.155. The van der Waals surface area contributed by atoms with Crippen LogP contribution in [0.5, 0.6) is 0 Å². The van der Waals surface area contributed by atoms with Gasteiger partial charge in [0.25, 0.3) is 0 Å². The molecule has 0 spiro atoms. The number of carbonyl (C=O) groups is 1. The number of benzene rings is 1. The van der Waals surface area contributed by atoms with E-state index in [4.69, 9.17) is 4.74 Å². The molecule has 2 fully saturated rings. The Morgan fingerprint density at radius 3 is 2.62 bits per heavy atom. The van der Waals surface area contributed by atoms with Crippen molar-refractivity contribution in [1.82, 2.24) is 4.90 Å². The first-order valence-corrected chi connectivity index (χ1v) is 9.02. The van der Waals surface area contributed by atoms with E-state index in [1.165, 1.54) is 0 Å². The second kappa shape index (κ2) is 6.47. The molecule has 1 aromatic rings. The predicted molar refractivity (Wildman–Crippen MR) is 92.1 cm³/mol. The van der Waals surface area contributed by atoms with Crippen LogP contribution in [0.15, 0.2) is 24.3 Å². The second-order valence-corrected chi connectivity index (χ2v) is 8.26. The topological polar surface area (TPSA) is 29.5 Å². The molecular formula is C20H28FNO2. The fourth-order valence-corrected chi connectivity index (χ4v) is 4.11. The van der Waals surface area contributed by atoms with E-state index >= 15 is 0 Å². The highest BCUT2D eigenvalue weighted by molar-refractivity contribution is 5.70. The molecule has 1 saturated heterocycles. The highest BCUT2D eigenvalue weighted by Crippen LogP contribution is 2.49. The summed E-state index contributed by atoms with van der Waals surface area (Å²) in [5, 5.41) is 0. The molecular weight excluding hydrogens is 305 g/mol. The van der Waals surface area contributed by atoms with Gasteiger partial charge in [-0.15, -0.1) is 0 Å². The standard InChI is InChI=1S/C20H28FNO2/c1-19(2,3)24-18(23)13-15-9-12-22(14-15)20(10-6-11-20)16-7-4-5-8-17(16)21/h4-5,7-8,15H,6,9-14H2,1-3H3/t15-/m1/s1. The number of rotatable bonds is 4. The summed E-state index contributed by atoms with van der Waals surface area (Å²) < 4.78 is 19.8. The number of hydrogen-bond acceptors (Lipinski definition) is 3. The molecule has 1 aliphatic heterocycles. The van der Waals surface area contributed by atoms with Gasteiger partial charge in [-0.3, -0.25) is 9.69 Å². The van der Waals surface area contributed by atoms with Gasteiger partial charge in [0.2, 0.25) is 0 Å². The van der Waals surface area contributed by atoms with Crippen LogP contribution in [-0.2, 0) is 15.1 Å². The summed E-state index contributed by atoms with van der Waals surface area (Å²) in [6.07, 6.45) is 4.60. The Kier molecular flexibility index (Phi) is 4.69. The number of nitrogens with zero attached hydrogens (tertiary/aromatic N) is 1. The van der Waals surface area contributed by atoms with Gasteiger partial charge >= 0.3 is 5.97 Å². The van der Waals surface area contributed by atoms with Gasteiger partial charge < -0.3 is 4.74 Å². The van der Waals surface area contributed by atoms with E-state index in [9.17, 15) is 9.18 Å². The Morgan fingerprint density at radius 2 is 2.04 bits per heavy atom. The maximum Gasteiger partial charge on any atom is 0.306 e. The van der Waals surface area contributed by atoms with Crippen molar-refractivity contribution in [3.63, 3.8) is 0 Å². The van der Waals surface area contributed by atoms with E-state index < -0.39 is 5.60 Å². The Bertz CT molecular complexity index is 604. The SMILES string of the molecule is CC(C)(C)OC(=O)C[C@H]1CCN(C2(c3ccccc3F)CCC2)C1. The molecule has 1 atom stereocenters. The van der Waals surface area contributed by atoms with Gasteiger partial charge in [0.15, 0.2) is 0 Å². The minimum Gasteiger partial charge on any atom is -0.460 e. The van der Waals surface area contributed by atoms with Crippen LogP contribution in [-0.4, -0.2) is 29.6 Å². The number of hydrogen-bond donors (Lipinski definition) is 0. The van der Waals surface area contributed by atoms with E-state index in [0.29, 0.717) is 12.3 Å². The molecule has 0 amide bonds. The molecule has 1 saturated carbocycles. The van der Waals surface area contributed by atoms with Crippen molar-refractivity contribution in [3.05, 3.63) is 35.6 Å². The average molecular weight is 333 g/mol. The molecule has 3 rings (SSSR count).